The third kappa shape index (κ3) is 6.73. The van der Waals surface area contributed by atoms with Gasteiger partial charge in [-0.15, -0.1) is 0 Å². The quantitative estimate of drug-likeness (QED) is 0.0941. The highest BCUT2D eigenvalue weighted by atomic mass is 32.2. The zero-order valence-corrected chi connectivity index (χ0v) is 29.7. The number of nitrogens with zero attached hydrogens (tertiary/aromatic N) is 1. The predicted molar refractivity (Wildman–Crippen MR) is 194 cm³/mol. The minimum absolute atomic E-state index is 0.0238. The molecule has 0 saturated carbocycles. The van der Waals surface area contributed by atoms with E-state index in [1.807, 2.05) is 0 Å². The number of aromatic nitrogens is 1. The molecule has 5 aromatic carbocycles. The van der Waals surface area contributed by atoms with E-state index in [1.165, 1.54) is 48.5 Å². The molecule has 1 aromatic heterocycles. The van der Waals surface area contributed by atoms with Gasteiger partial charge in [0.1, 0.15) is 23.0 Å². The topological polar surface area (TPSA) is 194 Å². The lowest BCUT2D eigenvalue weighted by Gasteiger charge is -2.30. The summed E-state index contributed by atoms with van der Waals surface area (Å²) >= 11 is 0. The number of carbonyl (C=O) groups is 2. The maximum Gasteiger partial charge on any atom is 0.457 e. The molecule has 13 nitrogen and oxygen atoms in total. The van der Waals surface area contributed by atoms with Crippen LogP contribution < -0.4 is 19.1 Å². The molecule has 0 spiro atoms. The van der Waals surface area contributed by atoms with Gasteiger partial charge in [-0.05, 0) is 86.1 Å². The maximum atomic E-state index is 15.3. The third-order valence-corrected chi connectivity index (χ3v) is 11.9. The number of phenolic OH excluding ortho intramolecular Hbond substituents is 2. The van der Waals surface area contributed by atoms with Gasteiger partial charge in [0.2, 0.25) is 11.7 Å². The summed E-state index contributed by atoms with van der Waals surface area (Å²) in [5, 5.41) is 28.6. The van der Waals surface area contributed by atoms with Crippen LogP contribution in [0.15, 0.2) is 125 Å². The van der Waals surface area contributed by atoms with E-state index in [0.29, 0.717) is 11.3 Å². The Morgan fingerprint density at radius 1 is 0.736 bits per heavy atom. The van der Waals surface area contributed by atoms with Crippen molar-refractivity contribution in [3.8, 4) is 23.0 Å². The highest BCUT2D eigenvalue weighted by Gasteiger charge is 2.43. The first kappa shape index (κ1) is 35.1. The smallest absolute Gasteiger partial charge is 0.457 e. The Hall–Kier alpha value is -6.37. The van der Waals surface area contributed by atoms with Crippen LogP contribution in [0, 0.1) is 13.8 Å². The highest BCUT2D eigenvalue weighted by Crippen LogP contribution is 2.61. The Bertz CT molecular complexity index is 2500. The second-order valence-electron chi connectivity index (χ2n) is 12.1. The molecule has 0 bridgehead atoms. The van der Waals surface area contributed by atoms with Crippen LogP contribution in [0.5, 0.6) is 23.0 Å². The third-order valence-electron chi connectivity index (χ3n) is 8.56. The van der Waals surface area contributed by atoms with Crippen LogP contribution in [0.25, 0.3) is 0 Å². The fraction of sp³-hybridized carbons (Fsp3) is 0.0789. The van der Waals surface area contributed by atoms with E-state index in [0.717, 1.165) is 6.07 Å². The Labute approximate surface area is 303 Å². The van der Waals surface area contributed by atoms with Gasteiger partial charge in [0, 0.05) is 22.4 Å². The molecule has 1 heterocycles. The SMILES string of the molecule is Cc1noc(NS(=O)(=O)c2ccc(NC(c3cc(O)c4c(c3)C(=O)c3cccc(O)c3C4=O)P(=O)(Oc3ccccc3)Oc3ccccc3)cc2)c1C. The molecular weight excluding hydrogens is 721 g/mol. The lowest BCUT2D eigenvalue weighted by molar-refractivity contribution is 0.0974. The van der Waals surface area contributed by atoms with Crippen LogP contribution in [0.2, 0.25) is 0 Å². The monoisotopic (exact) mass is 751 g/mol. The van der Waals surface area contributed by atoms with E-state index in [2.05, 4.69) is 15.2 Å². The van der Waals surface area contributed by atoms with E-state index in [4.69, 9.17) is 13.6 Å². The summed E-state index contributed by atoms with van der Waals surface area (Å²) in [4.78, 5) is 27.2. The first-order valence-corrected chi connectivity index (χ1v) is 19.1. The number of aryl methyl sites for hydroxylation is 1. The number of sulfonamides is 1. The van der Waals surface area contributed by atoms with Crippen LogP contribution in [0.4, 0.5) is 11.6 Å². The van der Waals surface area contributed by atoms with E-state index >= 15 is 4.57 Å². The molecule has 0 aliphatic heterocycles. The lowest BCUT2D eigenvalue weighted by Crippen LogP contribution is -2.23. The summed E-state index contributed by atoms with van der Waals surface area (Å²) in [6.45, 7) is 3.34. The molecule has 268 valence electrons. The lowest BCUT2D eigenvalue weighted by atomic mass is 9.82. The van der Waals surface area contributed by atoms with Crippen molar-refractivity contribution in [2.45, 2.75) is 24.5 Å². The summed E-state index contributed by atoms with van der Waals surface area (Å²) in [7, 11) is -8.65. The molecule has 15 heteroatoms. The van der Waals surface area contributed by atoms with Crippen molar-refractivity contribution >= 4 is 40.8 Å². The van der Waals surface area contributed by atoms with Crippen LogP contribution >= 0.6 is 7.60 Å². The van der Waals surface area contributed by atoms with Crippen molar-refractivity contribution in [1.29, 1.82) is 0 Å². The van der Waals surface area contributed by atoms with Gasteiger partial charge in [-0.25, -0.2) is 17.7 Å². The number of para-hydroxylation sites is 2. The van der Waals surface area contributed by atoms with Crippen molar-refractivity contribution in [3.63, 3.8) is 0 Å². The van der Waals surface area contributed by atoms with Gasteiger partial charge < -0.3 is 29.1 Å². The second-order valence-corrected chi connectivity index (χ2v) is 15.7. The number of rotatable bonds is 11. The molecule has 53 heavy (non-hydrogen) atoms. The zero-order chi connectivity index (χ0) is 37.5. The number of fused-ring (bicyclic) bond motifs is 2. The van der Waals surface area contributed by atoms with Crippen LogP contribution in [0.1, 0.15) is 54.4 Å². The van der Waals surface area contributed by atoms with Gasteiger partial charge in [0.25, 0.3) is 10.0 Å². The predicted octanol–water partition coefficient (Wildman–Crippen LogP) is 7.74. The second kappa shape index (κ2) is 13.6. The number of anilines is 2. The van der Waals surface area contributed by atoms with Crippen LogP contribution in [0.3, 0.4) is 0 Å². The fourth-order valence-corrected chi connectivity index (χ4v) is 8.71. The normalized spacial score (nSPS) is 13.1. The van der Waals surface area contributed by atoms with Gasteiger partial charge >= 0.3 is 7.60 Å². The first-order valence-electron chi connectivity index (χ1n) is 16.0. The van der Waals surface area contributed by atoms with Gasteiger partial charge in [0.05, 0.1) is 21.7 Å². The summed E-state index contributed by atoms with van der Waals surface area (Å²) < 4.78 is 61.5. The Balaban J connectivity index is 1.34. The summed E-state index contributed by atoms with van der Waals surface area (Å²) in [6.07, 6.45) is 0. The van der Waals surface area contributed by atoms with Crippen LogP contribution in [-0.2, 0) is 14.6 Å². The molecule has 6 aromatic rings. The molecule has 7 rings (SSSR count). The summed E-state index contributed by atoms with van der Waals surface area (Å²) in [6, 6.07) is 28.4. The number of aromatic hydroxyl groups is 2. The molecule has 1 atom stereocenters. The minimum Gasteiger partial charge on any atom is -0.507 e. The van der Waals surface area contributed by atoms with Gasteiger partial charge in [-0.1, -0.05) is 53.7 Å². The fourth-order valence-electron chi connectivity index (χ4n) is 5.77. The molecule has 0 amide bonds. The average Bonchev–Trinajstić information content (AvgIpc) is 3.45. The number of hydrogen-bond donors (Lipinski definition) is 4. The number of hydrogen-bond acceptors (Lipinski definition) is 12. The van der Waals surface area contributed by atoms with Crippen molar-refractivity contribution in [2.75, 3.05) is 10.0 Å². The molecule has 1 unspecified atom stereocenters. The molecule has 1 aliphatic carbocycles. The molecule has 0 fully saturated rings. The van der Waals surface area contributed by atoms with E-state index in [9.17, 15) is 28.2 Å². The minimum atomic E-state index is -4.53. The van der Waals surface area contributed by atoms with Crippen molar-refractivity contribution in [3.05, 3.63) is 154 Å². The Morgan fingerprint density at radius 3 is 1.92 bits per heavy atom. The maximum absolute atomic E-state index is 15.3. The molecule has 4 N–H and O–H groups in total. The van der Waals surface area contributed by atoms with E-state index in [-0.39, 0.29) is 55.8 Å². The Kier molecular flexibility index (Phi) is 9.02. The molecule has 0 radical (unpaired) electrons. The van der Waals surface area contributed by atoms with E-state index < -0.39 is 46.5 Å². The highest BCUT2D eigenvalue weighted by molar-refractivity contribution is 7.92. The average molecular weight is 752 g/mol. The largest absolute Gasteiger partial charge is 0.507 e. The number of benzene rings is 5. The number of carbonyl (C=O) groups excluding carboxylic acids is 2. The van der Waals surface area contributed by atoms with Gasteiger partial charge in [-0.3, -0.25) is 9.59 Å². The number of nitrogens with one attached hydrogen (secondary N) is 2. The first-order chi connectivity index (χ1) is 25.3. The summed E-state index contributed by atoms with van der Waals surface area (Å²) in [5.74, 6) is -3.65. The molecular formula is C38H30N3O10PS. The van der Waals surface area contributed by atoms with Crippen molar-refractivity contribution in [2.24, 2.45) is 0 Å². The zero-order valence-electron chi connectivity index (χ0n) is 28.0. The van der Waals surface area contributed by atoms with Crippen molar-refractivity contribution in [1.82, 2.24) is 5.16 Å². The molecule has 0 saturated heterocycles. The summed E-state index contributed by atoms with van der Waals surface area (Å²) in [5.41, 5.74) is 0.450. The number of phenols is 2. The van der Waals surface area contributed by atoms with Crippen molar-refractivity contribution < 1.29 is 46.4 Å². The number of ketones is 2. The van der Waals surface area contributed by atoms with Gasteiger partial charge in [-0.2, -0.15) is 0 Å². The standard InChI is InChI=1S/C38H30N3O10PS/c1-22-23(2)40-49-37(22)41-53(47,48)28-18-16-25(17-19-28)39-38(52(46,50-26-10-5-3-6-11-26)51-27-12-7-4-8-13-27)24-20-30-34(32(43)21-24)36(45)33-29(35(30)44)14-9-15-31(33)42/h3-21,38-39,41-43H,1-2H3. The molecule has 1 aliphatic rings. The van der Waals surface area contributed by atoms with Crippen LogP contribution in [-0.4, -0.2) is 35.4 Å². The van der Waals surface area contributed by atoms with Gasteiger partial charge in [0.15, 0.2) is 11.6 Å². The Morgan fingerprint density at radius 2 is 1.34 bits per heavy atom. The van der Waals surface area contributed by atoms with E-state index in [1.54, 1.807) is 74.5 Å².